The lowest BCUT2D eigenvalue weighted by atomic mass is 10.1. The molecule has 2 aromatic heterocycles. The lowest BCUT2D eigenvalue weighted by Gasteiger charge is -2.32. The predicted molar refractivity (Wildman–Crippen MR) is 102 cm³/mol. The van der Waals surface area contributed by atoms with Gasteiger partial charge in [0.1, 0.15) is 11.5 Å². The van der Waals surface area contributed by atoms with Crippen LogP contribution in [0.3, 0.4) is 0 Å². The monoisotopic (exact) mass is 380 g/mol. The Kier molecular flexibility index (Phi) is 5.43. The molecular formula is C21H21FN4O2. The number of benzene rings is 1. The van der Waals surface area contributed by atoms with Gasteiger partial charge < -0.3 is 9.64 Å². The van der Waals surface area contributed by atoms with Gasteiger partial charge in [0.2, 0.25) is 0 Å². The predicted octanol–water partition coefficient (Wildman–Crippen LogP) is 3.43. The van der Waals surface area contributed by atoms with E-state index in [1.165, 1.54) is 6.07 Å². The van der Waals surface area contributed by atoms with Crippen molar-refractivity contribution >= 4 is 5.91 Å². The molecule has 7 heteroatoms. The summed E-state index contributed by atoms with van der Waals surface area (Å²) in [6.07, 6.45) is 5.27. The lowest BCUT2D eigenvalue weighted by molar-refractivity contribution is -0.00697. The second-order valence-corrected chi connectivity index (χ2v) is 6.83. The number of carbonyl (C=O) groups excluding carboxylic acids is 1. The highest BCUT2D eigenvalue weighted by Gasteiger charge is 2.26. The van der Waals surface area contributed by atoms with Crippen molar-refractivity contribution in [2.75, 3.05) is 13.1 Å². The van der Waals surface area contributed by atoms with E-state index in [1.807, 2.05) is 12.1 Å². The van der Waals surface area contributed by atoms with Gasteiger partial charge in [-0.05, 0) is 42.7 Å². The van der Waals surface area contributed by atoms with Crippen molar-refractivity contribution in [1.82, 2.24) is 20.1 Å². The largest absolute Gasteiger partial charge is 0.372 e. The van der Waals surface area contributed by atoms with Crippen molar-refractivity contribution in [2.24, 2.45) is 0 Å². The van der Waals surface area contributed by atoms with Crippen LogP contribution >= 0.6 is 0 Å². The van der Waals surface area contributed by atoms with Crippen LogP contribution in [0.25, 0.3) is 11.3 Å². The zero-order valence-electron chi connectivity index (χ0n) is 15.3. The van der Waals surface area contributed by atoms with E-state index < -0.39 is 0 Å². The number of likely N-dealkylation sites (tertiary alicyclic amines) is 1. The number of nitrogens with one attached hydrogen (secondary N) is 1. The molecule has 0 aliphatic carbocycles. The number of halogens is 1. The van der Waals surface area contributed by atoms with E-state index in [-0.39, 0.29) is 17.8 Å². The first-order valence-electron chi connectivity index (χ1n) is 9.31. The molecule has 1 amide bonds. The quantitative estimate of drug-likeness (QED) is 0.736. The van der Waals surface area contributed by atoms with Crippen LogP contribution in [0.5, 0.6) is 0 Å². The van der Waals surface area contributed by atoms with Crippen LogP contribution < -0.4 is 0 Å². The van der Waals surface area contributed by atoms with Gasteiger partial charge in [-0.3, -0.25) is 14.9 Å². The maximum Gasteiger partial charge on any atom is 0.271 e. The molecule has 0 unspecified atom stereocenters. The number of hydrogen-bond donors (Lipinski definition) is 1. The number of aromatic nitrogens is 3. The summed E-state index contributed by atoms with van der Waals surface area (Å²) < 4.78 is 19.9. The van der Waals surface area contributed by atoms with E-state index in [0.717, 1.165) is 18.4 Å². The SMILES string of the molecule is O=C(c1cc(-c2ccccc2F)n[nH]1)N1CCC[C@@H](OCc2cccnc2)C1. The number of rotatable bonds is 5. The zero-order chi connectivity index (χ0) is 19.3. The molecule has 0 bridgehead atoms. The second-order valence-electron chi connectivity index (χ2n) is 6.83. The van der Waals surface area contributed by atoms with Crippen molar-refractivity contribution in [1.29, 1.82) is 0 Å². The molecule has 1 N–H and O–H groups in total. The van der Waals surface area contributed by atoms with Gasteiger partial charge in [0, 0.05) is 31.0 Å². The van der Waals surface area contributed by atoms with Crippen LogP contribution in [0.15, 0.2) is 54.9 Å². The standard InChI is InChI=1S/C21H21FN4O2/c22-18-8-2-1-7-17(18)19-11-20(25-24-19)21(27)26-10-4-6-16(13-26)28-14-15-5-3-9-23-12-15/h1-3,5,7-9,11-12,16H,4,6,10,13-14H2,(H,24,25)/t16-/m1/s1. The van der Waals surface area contributed by atoms with E-state index in [9.17, 15) is 9.18 Å². The van der Waals surface area contributed by atoms with Gasteiger partial charge in [0.05, 0.1) is 18.4 Å². The van der Waals surface area contributed by atoms with Gasteiger partial charge in [-0.15, -0.1) is 0 Å². The smallest absolute Gasteiger partial charge is 0.271 e. The van der Waals surface area contributed by atoms with Crippen molar-refractivity contribution in [3.63, 3.8) is 0 Å². The van der Waals surface area contributed by atoms with Gasteiger partial charge >= 0.3 is 0 Å². The summed E-state index contributed by atoms with van der Waals surface area (Å²) in [5.74, 6) is -0.514. The average molecular weight is 380 g/mol. The number of hydrogen-bond acceptors (Lipinski definition) is 4. The van der Waals surface area contributed by atoms with Gasteiger partial charge in [0.25, 0.3) is 5.91 Å². The fourth-order valence-corrected chi connectivity index (χ4v) is 3.36. The topological polar surface area (TPSA) is 71.1 Å². The molecule has 144 valence electrons. The van der Waals surface area contributed by atoms with Crippen LogP contribution in [0, 0.1) is 5.82 Å². The van der Waals surface area contributed by atoms with Crippen LogP contribution in [-0.2, 0) is 11.3 Å². The number of aromatic amines is 1. The highest BCUT2D eigenvalue weighted by Crippen LogP contribution is 2.22. The minimum atomic E-state index is -0.366. The van der Waals surface area contributed by atoms with Gasteiger partial charge in [-0.1, -0.05) is 18.2 Å². The molecule has 0 saturated carbocycles. The highest BCUT2D eigenvalue weighted by atomic mass is 19.1. The molecule has 1 fully saturated rings. The van der Waals surface area contributed by atoms with Crippen molar-refractivity contribution in [3.8, 4) is 11.3 Å². The summed E-state index contributed by atoms with van der Waals surface area (Å²) >= 11 is 0. The number of H-pyrrole nitrogens is 1. The lowest BCUT2D eigenvalue weighted by Crippen LogP contribution is -2.43. The fraction of sp³-hybridized carbons (Fsp3) is 0.286. The maximum atomic E-state index is 13.9. The number of carbonyl (C=O) groups is 1. The van der Waals surface area contributed by atoms with E-state index in [2.05, 4.69) is 15.2 Å². The summed E-state index contributed by atoms with van der Waals surface area (Å²) in [6.45, 7) is 1.66. The number of nitrogens with zero attached hydrogens (tertiary/aromatic N) is 3. The van der Waals surface area contributed by atoms with Crippen molar-refractivity contribution < 1.29 is 13.9 Å². The Labute approximate surface area is 162 Å². The first-order valence-corrected chi connectivity index (χ1v) is 9.31. The zero-order valence-corrected chi connectivity index (χ0v) is 15.3. The molecule has 3 heterocycles. The Morgan fingerprint density at radius 3 is 3.00 bits per heavy atom. The minimum Gasteiger partial charge on any atom is -0.372 e. The summed E-state index contributed by atoms with van der Waals surface area (Å²) in [5, 5.41) is 6.85. The van der Waals surface area contributed by atoms with Crippen LogP contribution in [0.2, 0.25) is 0 Å². The molecule has 28 heavy (non-hydrogen) atoms. The minimum absolute atomic E-state index is 0.0214. The van der Waals surface area contributed by atoms with Crippen molar-refractivity contribution in [3.05, 3.63) is 71.9 Å². The van der Waals surface area contributed by atoms with Crippen LogP contribution in [-0.4, -0.2) is 45.2 Å². The van der Waals surface area contributed by atoms with E-state index >= 15 is 0 Å². The number of pyridine rings is 1. The third-order valence-electron chi connectivity index (χ3n) is 4.83. The van der Waals surface area contributed by atoms with E-state index in [4.69, 9.17) is 4.74 Å². The summed E-state index contributed by atoms with van der Waals surface area (Å²) in [6, 6.07) is 11.8. The Balaban J connectivity index is 1.40. The van der Waals surface area contributed by atoms with Crippen LogP contribution in [0.1, 0.15) is 28.9 Å². The Morgan fingerprint density at radius 1 is 1.29 bits per heavy atom. The molecule has 3 aromatic rings. The number of ether oxygens (including phenoxy) is 1. The molecule has 0 spiro atoms. The Hall–Kier alpha value is -3.06. The summed E-state index contributed by atoms with van der Waals surface area (Å²) in [5.41, 5.74) is 2.15. The van der Waals surface area contributed by atoms with Gasteiger partial charge in [-0.25, -0.2) is 4.39 Å². The number of piperidine rings is 1. The Bertz CT molecular complexity index is 944. The highest BCUT2D eigenvalue weighted by molar-refractivity contribution is 5.93. The molecule has 1 aromatic carbocycles. The molecule has 4 rings (SSSR count). The molecule has 1 aliphatic heterocycles. The van der Waals surface area contributed by atoms with Gasteiger partial charge in [-0.2, -0.15) is 5.10 Å². The van der Waals surface area contributed by atoms with Crippen molar-refractivity contribution in [2.45, 2.75) is 25.6 Å². The van der Waals surface area contributed by atoms with E-state index in [1.54, 1.807) is 41.6 Å². The first kappa shape index (κ1) is 18.3. The van der Waals surface area contributed by atoms with E-state index in [0.29, 0.717) is 36.6 Å². The Morgan fingerprint density at radius 2 is 2.18 bits per heavy atom. The molecule has 1 saturated heterocycles. The normalized spacial score (nSPS) is 16.9. The number of amides is 1. The molecule has 1 atom stereocenters. The summed E-state index contributed by atoms with van der Waals surface area (Å²) in [4.78, 5) is 18.7. The maximum absolute atomic E-state index is 13.9. The van der Waals surface area contributed by atoms with Gasteiger partial charge in [0.15, 0.2) is 0 Å². The molecular weight excluding hydrogens is 359 g/mol. The first-order chi connectivity index (χ1) is 13.7. The van der Waals surface area contributed by atoms with Crippen LogP contribution in [0.4, 0.5) is 4.39 Å². The third-order valence-corrected chi connectivity index (χ3v) is 4.83. The fourth-order valence-electron chi connectivity index (χ4n) is 3.36. The summed E-state index contributed by atoms with van der Waals surface area (Å²) in [7, 11) is 0. The molecule has 6 nitrogen and oxygen atoms in total. The molecule has 0 radical (unpaired) electrons. The second kappa shape index (κ2) is 8.31. The third kappa shape index (κ3) is 4.09. The average Bonchev–Trinajstić information content (AvgIpc) is 3.23. The molecule has 1 aliphatic rings.